The van der Waals surface area contributed by atoms with Crippen LogP contribution in [0.4, 0.5) is 0 Å². The molecule has 0 aromatic heterocycles. The van der Waals surface area contributed by atoms with Gasteiger partial charge < -0.3 is 4.74 Å². The van der Waals surface area contributed by atoms with Gasteiger partial charge in [0.15, 0.2) is 0 Å². The maximum atomic E-state index is 5.12. The van der Waals surface area contributed by atoms with E-state index in [1.54, 1.807) is 7.11 Å². The van der Waals surface area contributed by atoms with Crippen molar-refractivity contribution in [2.75, 3.05) is 7.11 Å². The molecule has 0 atom stereocenters. The summed E-state index contributed by atoms with van der Waals surface area (Å²) in [6.07, 6.45) is 4.24. The third-order valence-corrected chi connectivity index (χ3v) is 2.53. The Morgan fingerprint density at radius 2 is 1.59 bits per heavy atom. The zero-order valence-corrected chi connectivity index (χ0v) is 9.97. The molecule has 0 saturated heterocycles. The summed E-state index contributed by atoms with van der Waals surface area (Å²) in [5.74, 6) is 0. The molecule has 0 saturated carbocycles. The molecule has 0 aliphatic rings. The Balaban J connectivity index is 2.13. The highest BCUT2D eigenvalue weighted by Gasteiger charge is 1.92. The second kappa shape index (κ2) is 6.02. The summed E-state index contributed by atoms with van der Waals surface area (Å²) >= 11 is 0. The van der Waals surface area contributed by atoms with E-state index < -0.39 is 0 Å². The van der Waals surface area contributed by atoms with Crippen LogP contribution < -0.4 is 0 Å². The van der Waals surface area contributed by atoms with Crippen LogP contribution in [0.25, 0.3) is 12.2 Å². The van der Waals surface area contributed by atoms with Gasteiger partial charge in [0.1, 0.15) is 0 Å². The summed E-state index contributed by atoms with van der Waals surface area (Å²) < 4.78 is 5.12. The molecule has 0 aliphatic heterocycles. The van der Waals surface area contributed by atoms with Gasteiger partial charge in [-0.3, -0.25) is 0 Å². The van der Waals surface area contributed by atoms with Crippen molar-refractivity contribution < 1.29 is 4.74 Å². The first-order chi connectivity index (χ1) is 8.38. The molecule has 0 bridgehead atoms. The van der Waals surface area contributed by atoms with E-state index in [0.717, 1.165) is 0 Å². The van der Waals surface area contributed by atoms with Crippen LogP contribution in [0.3, 0.4) is 0 Å². The summed E-state index contributed by atoms with van der Waals surface area (Å²) in [4.78, 5) is 0. The van der Waals surface area contributed by atoms with Gasteiger partial charge in [0.05, 0.1) is 6.61 Å². The third-order valence-electron chi connectivity index (χ3n) is 2.53. The highest BCUT2D eigenvalue weighted by atomic mass is 16.5. The van der Waals surface area contributed by atoms with E-state index in [4.69, 9.17) is 4.74 Å². The largest absolute Gasteiger partial charge is 0.380 e. The molecule has 2 aromatic carbocycles. The van der Waals surface area contributed by atoms with Gasteiger partial charge >= 0.3 is 0 Å². The molecule has 0 amide bonds. The predicted molar refractivity (Wildman–Crippen MR) is 72.5 cm³/mol. The molecule has 0 N–H and O–H groups in total. The second-order valence-corrected chi connectivity index (χ2v) is 3.92. The van der Waals surface area contributed by atoms with E-state index in [1.165, 1.54) is 16.7 Å². The topological polar surface area (TPSA) is 9.23 Å². The third kappa shape index (κ3) is 3.58. The zero-order chi connectivity index (χ0) is 11.9. The fraction of sp³-hybridized carbons (Fsp3) is 0.125. The first-order valence-corrected chi connectivity index (χ1v) is 5.69. The summed E-state index contributed by atoms with van der Waals surface area (Å²) in [5.41, 5.74) is 3.61. The van der Waals surface area contributed by atoms with E-state index in [2.05, 4.69) is 48.6 Å². The normalized spacial score (nSPS) is 10.9. The van der Waals surface area contributed by atoms with Crippen LogP contribution in [-0.2, 0) is 11.3 Å². The molecule has 17 heavy (non-hydrogen) atoms. The van der Waals surface area contributed by atoms with Gasteiger partial charge in [-0.2, -0.15) is 0 Å². The highest BCUT2D eigenvalue weighted by Crippen LogP contribution is 2.10. The molecule has 2 rings (SSSR count). The lowest BCUT2D eigenvalue weighted by Gasteiger charge is -2.00. The van der Waals surface area contributed by atoms with Crippen molar-refractivity contribution in [3.8, 4) is 0 Å². The van der Waals surface area contributed by atoms with Crippen molar-refractivity contribution in [3.63, 3.8) is 0 Å². The van der Waals surface area contributed by atoms with Crippen LogP contribution in [0.1, 0.15) is 16.7 Å². The number of hydrogen-bond donors (Lipinski definition) is 0. The molecule has 2 aromatic rings. The highest BCUT2D eigenvalue weighted by molar-refractivity contribution is 5.69. The van der Waals surface area contributed by atoms with Crippen LogP contribution in [0.2, 0.25) is 0 Å². The summed E-state index contributed by atoms with van der Waals surface area (Å²) in [6.45, 7) is 0.660. The minimum atomic E-state index is 0.660. The van der Waals surface area contributed by atoms with Crippen molar-refractivity contribution in [3.05, 3.63) is 71.3 Å². The van der Waals surface area contributed by atoms with Crippen molar-refractivity contribution >= 4 is 12.2 Å². The monoisotopic (exact) mass is 224 g/mol. The van der Waals surface area contributed by atoms with Crippen LogP contribution in [0.5, 0.6) is 0 Å². The fourth-order valence-corrected chi connectivity index (χ4v) is 1.71. The first-order valence-electron chi connectivity index (χ1n) is 5.69. The first kappa shape index (κ1) is 11.6. The van der Waals surface area contributed by atoms with E-state index >= 15 is 0 Å². The number of methoxy groups -OCH3 is 1. The van der Waals surface area contributed by atoms with Gasteiger partial charge in [0.2, 0.25) is 0 Å². The Morgan fingerprint density at radius 1 is 0.882 bits per heavy atom. The average Bonchev–Trinajstić information content (AvgIpc) is 2.39. The zero-order valence-electron chi connectivity index (χ0n) is 9.97. The standard InChI is InChI=1S/C16H16O/c1-17-13-16-9-5-8-15(12-16)11-10-14-6-3-2-4-7-14/h2-12H,13H2,1H3/b11-10+. The molecule has 86 valence electrons. The van der Waals surface area contributed by atoms with Crippen molar-refractivity contribution in [1.82, 2.24) is 0 Å². The summed E-state index contributed by atoms with van der Waals surface area (Å²) in [5, 5.41) is 0. The quantitative estimate of drug-likeness (QED) is 0.713. The molecular formula is C16H16O. The SMILES string of the molecule is COCc1cccc(/C=C/c2ccccc2)c1. The molecule has 0 spiro atoms. The van der Waals surface area contributed by atoms with Crippen molar-refractivity contribution in [2.45, 2.75) is 6.61 Å². The fourth-order valence-electron chi connectivity index (χ4n) is 1.71. The van der Waals surface area contributed by atoms with Gasteiger partial charge in [-0.1, -0.05) is 60.7 Å². The van der Waals surface area contributed by atoms with Gasteiger partial charge in [0.25, 0.3) is 0 Å². The maximum absolute atomic E-state index is 5.12. The van der Waals surface area contributed by atoms with Crippen molar-refractivity contribution in [1.29, 1.82) is 0 Å². The molecule has 0 unspecified atom stereocenters. The maximum Gasteiger partial charge on any atom is 0.0713 e. The molecule has 1 heteroatoms. The van der Waals surface area contributed by atoms with Crippen molar-refractivity contribution in [2.24, 2.45) is 0 Å². The average molecular weight is 224 g/mol. The van der Waals surface area contributed by atoms with E-state index in [9.17, 15) is 0 Å². The van der Waals surface area contributed by atoms with Gasteiger partial charge in [-0.05, 0) is 22.8 Å². The minimum Gasteiger partial charge on any atom is -0.380 e. The summed E-state index contributed by atoms with van der Waals surface area (Å²) in [6, 6.07) is 18.7. The Morgan fingerprint density at radius 3 is 2.35 bits per heavy atom. The molecule has 0 fully saturated rings. The Kier molecular flexibility index (Phi) is 4.11. The van der Waals surface area contributed by atoms with Crippen LogP contribution in [0, 0.1) is 0 Å². The lowest BCUT2D eigenvalue weighted by molar-refractivity contribution is 0.185. The minimum absolute atomic E-state index is 0.660. The Labute approximate surface area is 102 Å². The lowest BCUT2D eigenvalue weighted by atomic mass is 10.1. The van der Waals surface area contributed by atoms with E-state index in [1.807, 2.05) is 18.2 Å². The van der Waals surface area contributed by atoms with Gasteiger partial charge in [-0.15, -0.1) is 0 Å². The number of benzene rings is 2. The van der Waals surface area contributed by atoms with Crippen LogP contribution >= 0.6 is 0 Å². The van der Waals surface area contributed by atoms with E-state index in [0.29, 0.717) is 6.61 Å². The molecule has 1 nitrogen and oxygen atoms in total. The number of ether oxygens (including phenoxy) is 1. The van der Waals surface area contributed by atoms with Crippen LogP contribution in [0.15, 0.2) is 54.6 Å². The molecule has 0 heterocycles. The predicted octanol–water partition coefficient (Wildman–Crippen LogP) is 4.00. The lowest BCUT2D eigenvalue weighted by Crippen LogP contribution is -1.87. The number of hydrogen-bond acceptors (Lipinski definition) is 1. The second-order valence-electron chi connectivity index (χ2n) is 3.92. The molecule has 0 aliphatic carbocycles. The van der Waals surface area contributed by atoms with Gasteiger partial charge in [0, 0.05) is 7.11 Å². The van der Waals surface area contributed by atoms with E-state index in [-0.39, 0.29) is 0 Å². The van der Waals surface area contributed by atoms with Gasteiger partial charge in [-0.25, -0.2) is 0 Å². The smallest absolute Gasteiger partial charge is 0.0713 e. The Hall–Kier alpha value is -1.86. The number of rotatable bonds is 4. The van der Waals surface area contributed by atoms with Crippen LogP contribution in [-0.4, -0.2) is 7.11 Å². The molecular weight excluding hydrogens is 208 g/mol. The Bertz CT molecular complexity index is 486. The molecule has 0 radical (unpaired) electrons. The summed E-state index contributed by atoms with van der Waals surface area (Å²) in [7, 11) is 1.71.